The van der Waals surface area contributed by atoms with Crippen LogP contribution >= 0.6 is 0 Å². The smallest absolute Gasteiger partial charge is 0.0446 e. The molecule has 0 aromatic heterocycles. The van der Waals surface area contributed by atoms with Gasteiger partial charge >= 0.3 is 0 Å². The quantitative estimate of drug-likeness (QED) is 0.769. The molecule has 1 saturated heterocycles. The molecule has 0 bridgehead atoms. The predicted molar refractivity (Wildman–Crippen MR) is 62.1 cm³/mol. The maximum atomic E-state index is 8.92. The zero-order valence-electron chi connectivity index (χ0n) is 8.89. The van der Waals surface area contributed by atoms with Gasteiger partial charge in [-0.25, -0.2) is 0 Å². The predicted octanol–water partition coefficient (Wildman–Crippen LogP) is 0.847. The molecule has 0 aliphatic carbocycles. The molecule has 3 heteroatoms. The minimum absolute atomic E-state index is 0.264. The molecule has 2 rings (SSSR count). The lowest BCUT2D eigenvalue weighted by molar-refractivity contribution is 0.260. The Morgan fingerprint density at radius 2 is 2.13 bits per heavy atom. The molecular formula is C12H18N2O. The molecule has 1 fully saturated rings. The summed E-state index contributed by atoms with van der Waals surface area (Å²) in [5.74, 6) is 0. The van der Waals surface area contributed by atoms with Gasteiger partial charge in [0.05, 0.1) is 0 Å². The second-order valence-corrected chi connectivity index (χ2v) is 3.94. The van der Waals surface area contributed by atoms with Gasteiger partial charge in [-0.2, -0.15) is 0 Å². The summed E-state index contributed by atoms with van der Waals surface area (Å²) in [6.45, 7) is 3.30. The number of para-hydroxylation sites is 1. The maximum Gasteiger partial charge on any atom is 0.0446 e. The third-order valence-electron chi connectivity index (χ3n) is 2.85. The summed E-state index contributed by atoms with van der Waals surface area (Å²) in [5, 5.41) is 12.3. The fourth-order valence-corrected chi connectivity index (χ4v) is 2.05. The van der Waals surface area contributed by atoms with Gasteiger partial charge in [0.25, 0.3) is 0 Å². The Morgan fingerprint density at radius 1 is 1.33 bits per heavy atom. The summed E-state index contributed by atoms with van der Waals surface area (Å²) in [5.41, 5.74) is 1.28. The number of benzene rings is 1. The van der Waals surface area contributed by atoms with Gasteiger partial charge in [0.15, 0.2) is 0 Å². The number of hydrogen-bond acceptors (Lipinski definition) is 3. The van der Waals surface area contributed by atoms with Crippen LogP contribution in [-0.4, -0.2) is 37.4 Å². The average molecular weight is 206 g/mol. The Kier molecular flexibility index (Phi) is 3.59. The zero-order chi connectivity index (χ0) is 10.5. The minimum Gasteiger partial charge on any atom is -0.396 e. The van der Waals surface area contributed by atoms with Crippen molar-refractivity contribution < 1.29 is 5.11 Å². The normalized spacial score (nSPS) is 21.7. The molecule has 3 nitrogen and oxygen atoms in total. The molecule has 1 heterocycles. The summed E-state index contributed by atoms with van der Waals surface area (Å²) in [7, 11) is 0. The molecule has 1 atom stereocenters. The van der Waals surface area contributed by atoms with E-state index < -0.39 is 0 Å². The van der Waals surface area contributed by atoms with Crippen molar-refractivity contribution in [2.75, 3.05) is 31.1 Å². The number of rotatable bonds is 3. The van der Waals surface area contributed by atoms with Crippen molar-refractivity contribution in [2.45, 2.75) is 12.5 Å². The molecule has 0 spiro atoms. The van der Waals surface area contributed by atoms with E-state index in [2.05, 4.69) is 34.5 Å². The Bertz CT molecular complexity index is 287. The van der Waals surface area contributed by atoms with Gasteiger partial charge in [-0.3, -0.25) is 0 Å². The molecule has 2 N–H and O–H groups in total. The fraction of sp³-hybridized carbons (Fsp3) is 0.500. The van der Waals surface area contributed by atoms with E-state index in [4.69, 9.17) is 5.11 Å². The molecule has 1 unspecified atom stereocenters. The number of aliphatic hydroxyl groups is 1. The minimum atomic E-state index is 0.264. The van der Waals surface area contributed by atoms with E-state index in [0.717, 1.165) is 26.1 Å². The fourth-order valence-electron chi connectivity index (χ4n) is 2.05. The van der Waals surface area contributed by atoms with Gasteiger partial charge in [0.2, 0.25) is 0 Å². The van der Waals surface area contributed by atoms with Crippen molar-refractivity contribution in [1.82, 2.24) is 5.32 Å². The van der Waals surface area contributed by atoms with Crippen molar-refractivity contribution in [2.24, 2.45) is 0 Å². The monoisotopic (exact) mass is 206 g/mol. The topological polar surface area (TPSA) is 35.5 Å². The maximum absolute atomic E-state index is 8.92. The van der Waals surface area contributed by atoms with Crippen LogP contribution in [0.3, 0.4) is 0 Å². The standard InChI is InChI=1S/C12H18N2O/c15-9-6-11-10-14(8-7-13-11)12-4-2-1-3-5-12/h1-5,11,13,15H,6-10H2. The first-order chi connectivity index (χ1) is 7.40. The van der Waals surface area contributed by atoms with Crippen LogP contribution in [0.5, 0.6) is 0 Å². The van der Waals surface area contributed by atoms with Crippen LogP contribution in [0.2, 0.25) is 0 Å². The van der Waals surface area contributed by atoms with Crippen molar-refractivity contribution in [1.29, 1.82) is 0 Å². The van der Waals surface area contributed by atoms with Crippen molar-refractivity contribution in [3.63, 3.8) is 0 Å². The van der Waals surface area contributed by atoms with Gasteiger partial charge in [0, 0.05) is 38.0 Å². The highest BCUT2D eigenvalue weighted by molar-refractivity contribution is 5.46. The third-order valence-corrected chi connectivity index (χ3v) is 2.85. The Labute approximate surface area is 90.7 Å². The van der Waals surface area contributed by atoms with Crippen LogP contribution in [0.1, 0.15) is 6.42 Å². The molecule has 0 amide bonds. The van der Waals surface area contributed by atoms with E-state index >= 15 is 0 Å². The van der Waals surface area contributed by atoms with Crippen molar-refractivity contribution >= 4 is 5.69 Å². The molecule has 15 heavy (non-hydrogen) atoms. The highest BCUT2D eigenvalue weighted by Crippen LogP contribution is 2.15. The second-order valence-electron chi connectivity index (χ2n) is 3.94. The van der Waals surface area contributed by atoms with E-state index in [1.165, 1.54) is 5.69 Å². The van der Waals surface area contributed by atoms with Crippen molar-refractivity contribution in [3.05, 3.63) is 30.3 Å². The SMILES string of the molecule is OCCC1CN(c2ccccc2)CCN1. The molecule has 1 aliphatic rings. The Morgan fingerprint density at radius 3 is 2.87 bits per heavy atom. The van der Waals surface area contributed by atoms with E-state index in [1.54, 1.807) is 0 Å². The zero-order valence-corrected chi connectivity index (χ0v) is 8.89. The molecule has 1 aromatic carbocycles. The number of aliphatic hydroxyl groups excluding tert-OH is 1. The number of anilines is 1. The first-order valence-corrected chi connectivity index (χ1v) is 5.54. The van der Waals surface area contributed by atoms with Crippen LogP contribution in [0.4, 0.5) is 5.69 Å². The highest BCUT2D eigenvalue weighted by atomic mass is 16.3. The van der Waals surface area contributed by atoms with Crippen molar-refractivity contribution in [3.8, 4) is 0 Å². The summed E-state index contributed by atoms with van der Waals surface area (Å²) in [4.78, 5) is 2.37. The van der Waals surface area contributed by atoms with Crippen LogP contribution in [0.25, 0.3) is 0 Å². The summed E-state index contributed by atoms with van der Waals surface area (Å²) >= 11 is 0. The second kappa shape index (κ2) is 5.14. The number of piperazine rings is 1. The first kappa shape index (κ1) is 10.5. The first-order valence-electron chi connectivity index (χ1n) is 5.54. The third kappa shape index (κ3) is 2.70. The lowest BCUT2D eigenvalue weighted by Crippen LogP contribution is -2.51. The highest BCUT2D eigenvalue weighted by Gasteiger charge is 2.18. The van der Waals surface area contributed by atoms with E-state index in [0.29, 0.717) is 6.04 Å². The molecule has 1 aromatic rings. The summed E-state index contributed by atoms with van der Waals surface area (Å²) < 4.78 is 0. The lowest BCUT2D eigenvalue weighted by atomic mass is 10.1. The average Bonchev–Trinajstić information content (AvgIpc) is 2.31. The van der Waals surface area contributed by atoms with Gasteiger partial charge in [-0.1, -0.05) is 18.2 Å². The largest absolute Gasteiger partial charge is 0.396 e. The van der Waals surface area contributed by atoms with Gasteiger partial charge in [-0.15, -0.1) is 0 Å². The number of hydrogen-bond donors (Lipinski definition) is 2. The van der Waals surface area contributed by atoms with Gasteiger partial charge in [0.1, 0.15) is 0 Å². The summed E-state index contributed by atoms with van der Waals surface area (Å²) in [6, 6.07) is 10.9. The number of nitrogens with zero attached hydrogens (tertiary/aromatic N) is 1. The van der Waals surface area contributed by atoms with Crippen LogP contribution < -0.4 is 10.2 Å². The summed E-state index contributed by atoms with van der Waals surface area (Å²) in [6.07, 6.45) is 0.837. The Hall–Kier alpha value is -1.06. The Balaban J connectivity index is 1.98. The van der Waals surface area contributed by atoms with E-state index in [-0.39, 0.29) is 6.61 Å². The van der Waals surface area contributed by atoms with Crippen LogP contribution in [-0.2, 0) is 0 Å². The van der Waals surface area contributed by atoms with Gasteiger partial charge in [-0.05, 0) is 18.6 Å². The van der Waals surface area contributed by atoms with Crippen LogP contribution in [0.15, 0.2) is 30.3 Å². The molecule has 0 saturated carbocycles. The van der Waals surface area contributed by atoms with Gasteiger partial charge < -0.3 is 15.3 Å². The molecule has 1 aliphatic heterocycles. The van der Waals surface area contributed by atoms with E-state index in [9.17, 15) is 0 Å². The van der Waals surface area contributed by atoms with E-state index in [1.807, 2.05) is 6.07 Å². The lowest BCUT2D eigenvalue weighted by Gasteiger charge is -2.35. The van der Waals surface area contributed by atoms with Crippen LogP contribution in [0, 0.1) is 0 Å². The molecular weight excluding hydrogens is 188 g/mol. The molecule has 82 valence electrons. The molecule has 0 radical (unpaired) electrons. The number of nitrogens with one attached hydrogen (secondary N) is 1.